The maximum atomic E-state index is 10.9. The van der Waals surface area contributed by atoms with E-state index in [-0.39, 0.29) is 11.3 Å². The van der Waals surface area contributed by atoms with Gasteiger partial charge in [-0.3, -0.25) is 4.79 Å². The lowest BCUT2D eigenvalue weighted by Crippen LogP contribution is -2.03. The number of likely N-dealkylation sites (N-methyl/N-ethyl adjacent to an activating group) is 1. The van der Waals surface area contributed by atoms with Crippen LogP contribution in [0.25, 0.3) is 6.08 Å². The molecule has 2 N–H and O–H groups in total. The molecule has 16 heavy (non-hydrogen) atoms. The number of nitrogens with one attached hydrogen (secondary N) is 1. The van der Waals surface area contributed by atoms with Crippen LogP contribution in [0.1, 0.15) is 15.9 Å². The van der Waals surface area contributed by atoms with E-state index in [2.05, 4.69) is 5.32 Å². The lowest BCUT2D eigenvalue weighted by molar-refractivity contribution is 0.112. The number of phenolic OH excluding ortho intramolecular Hbond substituents is 1. The molecule has 0 radical (unpaired) electrons. The first-order chi connectivity index (χ1) is 7.74. The zero-order valence-electron chi connectivity index (χ0n) is 9.36. The number of hydrogen-bond donors (Lipinski definition) is 2. The van der Waals surface area contributed by atoms with Crippen LogP contribution >= 0.6 is 0 Å². The first-order valence-electron chi connectivity index (χ1n) is 4.90. The first-order valence-corrected chi connectivity index (χ1v) is 4.90. The van der Waals surface area contributed by atoms with Crippen molar-refractivity contribution in [1.29, 1.82) is 0 Å². The number of methoxy groups -OCH3 is 1. The Bertz CT molecular complexity index is 399. The Hall–Kier alpha value is -1.81. The number of carbonyl (C=O) groups excluding carboxylic acids is 1. The van der Waals surface area contributed by atoms with Crippen molar-refractivity contribution in [3.8, 4) is 11.5 Å². The number of carbonyl (C=O) groups is 1. The summed E-state index contributed by atoms with van der Waals surface area (Å²) in [5.41, 5.74) is 0.912. The minimum absolute atomic E-state index is 0.121. The Morgan fingerprint density at radius 3 is 2.81 bits per heavy atom. The van der Waals surface area contributed by atoms with Crippen LogP contribution in [0, 0.1) is 0 Å². The van der Waals surface area contributed by atoms with Crippen molar-refractivity contribution in [1.82, 2.24) is 5.32 Å². The van der Waals surface area contributed by atoms with E-state index in [4.69, 9.17) is 4.74 Å². The third-order valence-electron chi connectivity index (χ3n) is 2.17. The van der Waals surface area contributed by atoms with Crippen molar-refractivity contribution in [3.63, 3.8) is 0 Å². The third-order valence-corrected chi connectivity index (χ3v) is 2.17. The molecule has 4 heteroatoms. The van der Waals surface area contributed by atoms with Gasteiger partial charge in [-0.15, -0.1) is 0 Å². The van der Waals surface area contributed by atoms with Gasteiger partial charge in [0.05, 0.1) is 12.7 Å². The van der Waals surface area contributed by atoms with Crippen molar-refractivity contribution < 1.29 is 14.6 Å². The molecule has 1 aromatic carbocycles. The van der Waals surface area contributed by atoms with E-state index < -0.39 is 0 Å². The number of aromatic hydroxyl groups is 1. The van der Waals surface area contributed by atoms with Gasteiger partial charge in [0.2, 0.25) is 0 Å². The Morgan fingerprint density at radius 2 is 2.25 bits per heavy atom. The number of benzene rings is 1. The lowest BCUT2D eigenvalue weighted by atomic mass is 10.1. The molecule has 0 heterocycles. The van der Waals surface area contributed by atoms with Gasteiger partial charge in [-0.25, -0.2) is 0 Å². The van der Waals surface area contributed by atoms with Crippen LogP contribution < -0.4 is 10.1 Å². The molecule has 1 aromatic rings. The fraction of sp³-hybridized carbons (Fsp3) is 0.250. The molecule has 0 spiro atoms. The summed E-state index contributed by atoms with van der Waals surface area (Å²) in [6, 6.07) is 3.36. The van der Waals surface area contributed by atoms with Crippen LogP contribution in [0.3, 0.4) is 0 Å². The van der Waals surface area contributed by atoms with Crippen LogP contribution in [0.2, 0.25) is 0 Å². The second-order valence-corrected chi connectivity index (χ2v) is 3.20. The summed E-state index contributed by atoms with van der Waals surface area (Å²) in [6.45, 7) is 0.699. The molecule has 0 aliphatic rings. The normalized spacial score (nSPS) is 10.6. The molecule has 0 saturated heterocycles. The first kappa shape index (κ1) is 12.3. The van der Waals surface area contributed by atoms with Gasteiger partial charge in [-0.1, -0.05) is 18.2 Å². The molecule has 0 saturated carbocycles. The van der Waals surface area contributed by atoms with Crippen LogP contribution in [-0.4, -0.2) is 32.1 Å². The highest BCUT2D eigenvalue weighted by atomic mass is 16.5. The van der Waals surface area contributed by atoms with E-state index in [1.54, 1.807) is 18.2 Å². The van der Waals surface area contributed by atoms with E-state index in [1.807, 2.05) is 13.1 Å². The van der Waals surface area contributed by atoms with Gasteiger partial charge in [0.25, 0.3) is 0 Å². The van der Waals surface area contributed by atoms with Gasteiger partial charge in [-0.2, -0.15) is 0 Å². The topological polar surface area (TPSA) is 58.6 Å². The highest BCUT2D eigenvalue weighted by molar-refractivity contribution is 5.87. The molecule has 0 amide bonds. The molecule has 0 unspecified atom stereocenters. The minimum atomic E-state index is -0.121. The van der Waals surface area contributed by atoms with Gasteiger partial charge >= 0.3 is 0 Å². The quantitative estimate of drug-likeness (QED) is 0.739. The molecule has 4 nitrogen and oxygen atoms in total. The van der Waals surface area contributed by atoms with Gasteiger partial charge in [0.1, 0.15) is 0 Å². The van der Waals surface area contributed by atoms with Gasteiger partial charge in [0, 0.05) is 6.54 Å². The van der Waals surface area contributed by atoms with Crippen molar-refractivity contribution in [3.05, 3.63) is 29.3 Å². The standard InChI is InChI=1S/C12H15NO3/c1-13-7-3-4-9-5-6-11(16-2)12(15)10(9)8-14/h3-6,8,13,15H,7H2,1-2H3. The SMILES string of the molecule is CNCC=Cc1ccc(OC)c(O)c1C=O. The molecular formula is C12H15NO3. The number of aldehydes is 1. The Labute approximate surface area is 94.6 Å². The highest BCUT2D eigenvalue weighted by Crippen LogP contribution is 2.31. The van der Waals surface area contributed by atoms with Gasteiger partial charge in [0.15, 0.2) is 17.8 Å². The molecule has 0 aromatic heterocycles. The number of hydrogen-bond acceptors (Lipinski definition) is 4. The summed E-state index contributed by atoms with van der Waals surface area (Å²) in [4.78, 5) is 10.9. The summed E-state index contributed by atoms with van der Waals surface area (Å²) < 4.78 is 4.92. The molecule has 86 valence electrons. The van der Waals surface area contributed by atoms with E-state index in [9.17, 15) is 9.90 Å². The molecule has 0 bridgehead atoms. The van der Waals surface area contributed by atoms with Crippen molar-refractivity contribution in [2.24, 2.45) is 0 Å². The van der Waals surface area contributed by atoms with Crippen molar-refractivity contribution >= 4 is 12.4 Å². The highest BCUT2D eigenvalue weighted by Gasteiger charge is 2.10. The summed E-state index contributed by atoms with van der Waals surface area (Å²) in [6.07, 6.45) is 4.27. The molecule has 1 rings (SSSR count). The monoisotopic (exact) mass is 221 g/mol. The minimum Gasteiger partial charge on any atom is -0.504 e. The Kier molecular flexibility index (Phi) is 4.54. The fourth-order valence-corrected chi connectivity index (χ4v) is 1.34. The predicted octanol–water partition coefficient (Wildman–Crippen LogP) is 1.45. The largest absolute Gasteiger partial charge is 0.504 e. The zero-order chi connectivity index (χ0) is 12.0. The van der Waals surface area contributed by atoms with Crippen LogP contribution in [0.5, 0.6) is 11.5 Å². The molecular weight excluding hydrogens is 206 g/mol. The second kappa shape index (κ2) is 5.92. The van der Waals surface area contributed by atoms with Crippen molar-refractivity contribution in [2.75, 3.05) is 20.7 Å². The molecule has 0 fully saturated rings. The van der Waals surface area contributed by atoms with Gasteiger partial charge < -0.3 is 15.2 Å². The van der Waals surface area contributed by atoms with E-state index in [1.165, 1.54) is 7.11 Å². The van der Waals surface area contributed by atoms with E-state index in [0.717, 1.165) is 0 Å². The fourth-order valence-electron chi connectivity index (χ4n) is 1.34. The Balaban J connectivity index is 3.10. The third kappa shape index (κ3) is 2.61. The summed E-state index contributed by atoms with van der Waals surface area (Å²) in [5, 5.41) is 12.7. The average Bonchev–Trinajstić information content (AvgIpc) is 2.30. The lowest BCUT2D eigenvalue weighted by Gasteiger charge is -2.07. The zero-order valence-corrected chi connectivity index (χ0v) is 9.36. The van der Waals surface area contributed by atoms with Crippen LogP contribution in [0.4, 0.5) is 0 Å². The van der Waals surface area contributed by atoms with Crippen molar-refractivity contribution in [2.45, 2.75) is 0 Å². The van der Waals surface area contributed by atoms with E-state index >= 15 is 0 Å². The average molecular weight is 221 g/mol. The van der Waals surface area contributed by atoms with E-state index in [0.29, 0.717) is 24.1 Å². The van der Waals surface area contributed by atoms with Crippen LogP contribution in [-0.2, 0) is 0 Å². The Morgan fingerprint density at radius 1 is 1.50 bits per heavy atom. The number of rotatable bonds is 5. The smallest absolute Gasteiger partial charge is 0.168 e. The maximum absolute atomic E-state index is 10.9. The maximum Gasteiger partial charge on any atom is 0.168 e. The molecule has 0 aliphatic carbocycles. The second-order valence-electron chi connectivity index (χ2n) is 3.20. The summed E-state index contributed by atoms with van der Waals surface area (Å²) in [5.74, 6) is 0.178. The molecule has 0 aliphatic heterocycles. The number of phenols is 1. The van der Waals surface area contributed by atoms with Gasteiger partial charge in [-0.05, 0) is 18.7 Å². The summed E-state index contributed by atoms with van der Waals surface area (Å²) >= 11 is 0. The molecule has 0 atom stereocenters. The predicted molar refractivity (Wildman–Crippen MR) is 63.0 cm³/mol. The summed E-state index contributed by atoms with van der Waals surface area (Å²) in [7, 11) is 3.27. The number of ether oxygens (including phenoxy) is 1. The van der Waals surface area contributed by atoms with Crippen LogP contribution in [0.15, 0.2) is 18.2 Å².